The zero-order valence-electron chi connectivity index (χ0n) is 15.2. The molecule has 0 spiro atoms. The van der Waals surface area contributed by atoms with Gasteiger partial charge in [0.25, 0.3) is 0 Å². The summed E-state index contributed by atoms with van der Waals surface area (Å²) in [5.74, 6) is 0.615. The Morgan fingerprint density at radius 1 is 1.20 bits per heavy atom. The number of carbonyl (C=O) groups is 1. The van der Waals surface area contributed by atoms with E-state index < -0.39 is 0 Å². The Kier molecular flexibility index (Phi) is 7.94. The first-order chi connectivity index (χ1) is 11.4. The summed E-state index contributed by atoms with van der Waals surface area (Å²) in [6, 6.07) is 15.4. The van der Waals surface area contributed by atoms with Crippen LogP contribution in [0.15, 0.2) is 48.5 Å². The van der Waals surface area contributed by atoms with E-state index in [4.69, 9.17) is 10.5 Å². The highest BCUT2D eigenvalue weighted by atomic mass is 35.5. The van der Waals surface area contributed by atoms with Gasteiger partial charge < -0.3 is 15.4 Å². The molecule has 4 nitrogen and oxygen atoms in total. The number of amides is 1. The van der Waals surface area contributed by atoms with E-state index in [1.807, 2.05) is 69.4 Å². The Morgan fingerprint density at radius 2 is 1.84 bits per heavy atom. The number of rotatable bonds is 6. The van der Waals surface area contributed by atoms with Gasteiger partial charge in [-0.2, -0.15) is 0 Å². The summed E-state index contributed by atoms with van der Waals surface area (Å²) in [6.45, 7) is 4.43. The lowest BCUT2D eigenvalue weighted by Gasteiger charge is -2.26. The topological polar surface area (TPSA) is 55.6 Å². The van der Waals surface area contributed by atoms with Crippen LogP contribution in [0.4, 0.5) is 0 Å². The lowest BCUT2D eigenvalue weighted by molar-refractivity contribution is -0.134. The molecule has 25 heavy (non-hydrogen) atoms. The van der Waals surface area contributed by atoms with Crippen molar-refractivity contribution in [2.75, 3.05) is 14.2 Å². The SMILES string of the molecule is COc1ccc(CN(C)C(=O)C(C)C(N)c2ccccc2)cc1C.Cl. The fourth-order valence-electron chi connectivity index (χ4n) is 2.86. The standard InChI is InChI=1S/C20H26N2O2.ClH/c1-14-12-16(10-11-18(14)24-4)13-22(3)20(23)15(2)19(21)17-8-6-5-7-9-17;/h5-12,15,19H,13,21H2,1-4H3;1H. The van der Waals surface area contributed by atoms with Crippen molar-refractivity contribution in [3.05, 3.63) is 65.2 Å². The first-order valence-corrected chi connectivity index (χ1v) is 8.13. The van der Waals surface area contributed by atoms with Crippen LogP contribution in [0.3, 0.4) is 0 Å². The smallest absolute Gasteiger partial charge is 0.227 e. The van der Waals surface area contributed by atoms with Crippen molar-refractivity contribution in [1.82, 2.24) is 4.90 Å². The maximum absolute atomic E-state index is 12.7. The fourth-order valence-corrected chi connectivity index (χ4v) is 2.86. The van der Waals surface area contributed by atoms with Crippen molar-refractivity contribution in [1.29, 1.82) is 0 Å². The Balaban J connectivity index is 0.00000312. The van der Waals surface area contributed by atoms with E-state index in [2.05, 4.69) is 0 Å². The summed E-state index contributed by atoms with van der Waals surface area (Å²) in [5, 5.41) is 0. The third kappa shape index (κ3) is 5.21. The van der Waals surface area contributed by atoms with Gasteiger partial charge in [0, 0.05) is 19.6 Å². The van der Waals surface area contributed by atoms with Gasteiger partial charge in [-0.15, -0.1) is 12.4 Å². The minimum absolute atomic E-state index is 0. The Hall–Kier alpha value is -2.04. The van der Waals surface area contributed by atoms with Gasteiger partial charge in [0.2, 0.25) is 5.91 Å². The molecule has 0 aliphatic carbocycles. The zero-order chi connectivity index (χ0) is 17.7. The lowest BCUT2D eigenvalue weighted by atomic mass is 9.94. The second-order valence-electron chi connectivity index (χ2n) is 6.22. The summed E-state index contributed by atoms with van der Waals surface area (Å²) in [5.41, 5.74) is 9.38. The largest absolute Gasteiger partial charge is 0.496 e. The molecule has 1 amide bonds. The van der Waals surface area contributed by atoms with Crippen molar-refractivity contribution in [2.45, 2.75) is 26.4 Å². The first kappa shape index (κ1) is 21.0. The van der Waals surface area contributed by atoms with Gasteiger partial charge in [-0.25, -0.2) is 0 Å². The third-order valence-electron chi connectivity index (χ3n) is 4.37. The number of nitrogens with two attached hydrogens (primary N) is 1. The summed E-state index contributed by atoms with van der Waals surface area (Å²) >= 11 is 0. The maximum Gasteiger partial charge on any atom is 0.227 e. The minimum Gasteiger partial charge on any atom is -0.496 e. The van der Waals surface area contributed by atoms with E-state index in [0.717, 1.165) is 22.4 Å². The average Bonchev–Trinajstić information content (AvgIpc) is 2.60. The van der Waals surface area contributed by atoms with Crippen LogP contribution < -0.4 is 10.5 Å². The van der Waals surface area contributed by atoms with Gasteiger partial charge in [-0.05, 0) is 29.7 Å². The number of ether oxygens (including phenoxy) is 1. The number of carbonyl (C=O) groups excluding carboxylic acids is 1. The van der Waals surface area contributed by atoms with Crippen molar-refractivity contribution in [3.63, 3.8) is 0 Å². The van der Waals surface area contributed by atoms with Gasteiger partial charge in [0.05, 0.1) is 13.0 Å². The molecule has 0 aromatic heterocycles. The maximum atomic E-state index is 12.7. The number of methoxy groups -OCH3 is 1. The monoisotopic (exact) mass is 362 g/mol. The van der Waals surface area contributed by atoms with E-state index in [1.54, 1.807) is 12.0 Å². The number of benzene rings is 2. The van der Waals surface area contributed by atoms with Gasteiger partial charge in [-0.3, -0.25) is 4.79 Å². The molecule has 0 aliphatic heterocycles. The second-order valence-corrected chi connectivity index (χ2v) is 6.22. The van der Waals surface area contributed by atoms with Crippen LogP contribution in [-0.2, 0) is 11.3 Å². The average molecular weight is 363 g/mol. The Bertz CT molecular complexity index is 691. The Labute approximate surface area is 156 Å². The molecule has 2 aromatic carbocycles. The predicted molar refractivity (Wildman–Crippen MR) is 104 cm³/mol. The van der Waals surface area contributed by atoms with Crippen LogP contribution in [0.2, 0.25) is 0 Å². The molecule has 2 aromatic rings. The fraction of sp³-hybridized carbons (Fsp3) is 0.350. The predicted octanol–water partition coefficient (Wildman–Crippen LogP) is 3.72. The normalized spacial score (nSPS) is 12.7. The van der Waals surface area contributed by atoms with E-state index in [9.17, 15) is 4.79 Å². The quantitative estimate of drug-likeness (QED) is 0.852. The Morgan fingerprint density at radius 3 is 2.40 bits per heavy atom. The van der Waals surface area contributed by atoms with Gasteiger partial charge in [-0.1, -0.05) is 49.4 Å². The molecule has 2 unspecified atom stereocenters. The lowest BCUT2D eigenvalue weighted by Crippen LogP contribution is -2.36. The van der Waals surface area contributed by atoms with E-state index in [0.29, 0.717) is 6.54 Å². The van der Waals surface area contributed by atoms with Crippen molar-refractivity contribution in [3.8, 4) is 5.75 Å². The highest BCUT2D eigenvalue weighted by Gasteiger charge is 2.25. The first-order valence-electron chi connectivity index (χ1n) is 8.13. The van der Waals surface area contributed by atoms with Crippen molar-refractivity contribution in [2.24, 2.45) is 11.7 Å². The molecular weight excluding hydrogens is 336 g/mol. The van der Waals surface area contributed by atoms with Crippen LogP contribution in [0, 0.1) is 12.8 Å². The van der Waals surface area contributed by atoms with E-state index in [-0.39, 0.29) is 30.3 Å². The molecular formula is C20H27ClN2O2. The third-order valence-corrected chi connectivity index (χ3v) is 4.37. The van der Waals surface area contributed by atoms with Crippen molar-refractivity contribution >= 4 is 18.3 Å². The second kappa shape index (κ2) is 9.44. The molecule has 0 bridgehead atoms. The summed E-state index contributed by atoms with van der Waals surface area (Å²) in [7, 11) is 3.47. The number of hydrogen-bond acceptors (Lipinski definition) is 3. The number of nitrogens with zero attached hydrogens (tertiary/aromatic N) is 1. The number of aryl methyl sites for hydroxylation is 1. The van der Waals surface area contributed by atoms with Crippen LogP contribution >= 0.6 is 12.4 Å². The molecule has 5 heteroatoms. The molecule has 2 N–H and O–H groups in total. The molecule has 136 valence electrons. The summed E-state index contributed by atoms with van der Waals surface area (Å²) < 4.78 is 5.27. The highest BCUT2D eigenvalue weighted by Crippen LogP contribution is 2.23. The van der Waals surface area contributed by atoms with Crippen LogP contribution in [0.5, 0.6) is 5.75 Å². The number of hydrogen-bond donors (Lipinski definition) is 1. The number of halogens is 1. The van der Waals surface area contributed by atoms with Gasteiger partial charge >= 0.3 is 0 Å². The van der Waals surface area contributed by atoms with Crippen LogP contribution in [-0.4, -0.2) is 25.0 Å². The molecule has 0 radical (unpaired) electrons. The zero-order valence-corrected chi connectivity index (χ0v) is 16.0. The molecule has 0 fully saturated rings. The van der Waals surface area contributed by atoms with Gasteiger partial charge in [0.1, 0.15) is 5.75 Å². The molecule has 0 heterocycles. The van der Waals surface area contributed by atoms with E-state index in [1.165, 1.54) is 0 Å². The van der Waals surface area contributed by atoms with Gasteiger partial charge in [0.15, 0.2) is 0 Å². The van der Waals surface area contributed by atoms with Crippen LogP contribution in [0.25, 0.3) is 0 Å². The summed E-state index contributed by atoms with van der Waals surface area (Å²) in [4.78, 5) is 14.4. The molecule has 2 atom stereocenters. The minimum atomic E-state index is -0.307. The molecule has 0 saturated heterocycles. The molecule has 2 rings (SSSR count). The molecule has 0 aliphatic rings. The van der Waals surface area contributed by atoms with Crippen LogP contribution in [0.1, 0.15) is 29.7 Å². The van der Waals surface area contributed by atoms with E-state index >= 15 is 0 Å². The summed E-state index contributed by atoms with van der Waals surface area (Å²) in [6.07, 6.45) is 0. The highest BCUT2D eigenvalue weighted by molar-refractivity contribution is 5.85. The van der Waals surface area contributed by atoms with Crippen molar-refractivity contribution < 1.29 is 9.53 Å². The molecule has 0 saturated carbocycles.